The van der Waals surface area contributed by atoms with E-state index in [0.717, 1.165) is 37.7 Å². The van der Waals surface area contributed by atoms with Crippen molar-refractivity contribution in [3.05, 3.63) is 53.5 Å². The van der Waals surface area contributed by atoms with E-state index in [-0.39, 0.29) is 80.2 Å². The number of anilines is 1. The van der Waals surface area contributed by atoms with Crippen molar-refractivity contribution in [1.82, 2.24) is 31.2 Å². The van der Waals surface area contributed by atoms with Crippen LogP contribution in [0.2, 0.25) is 0 Å². The molecule has 1 aromatic heterocycles. The molecular formula is C35H56Cl2N8O5. The van der Waals surface area contributed by atoms with Gasteiger partial charge in [-0.25, -0.2) is 9.97 Å². The molecule has 5 atom stereocenters. The first-order valence-corrected chi connectivity index (χ1v) is 17.2. The zero-order valence-electron chi connectivity index (χ0n) is 29.4. The van der Waals surface area contributed by atoms with E-state index in [1.54, 1.807) is 13.1 Å². The fourth-order valence-electron chi connectivity index (χ4n) is 5.97. The third kappa shape index (κ3) is 15.2. The standard InChI is InChI=1S/C35H54N8O5.2ClH/c1-4-22(2)32(35(48)40-21-26-20-39-23(3)41-33(26)37)43-31(46)19-29(44)28(18-25-13-9-6-10-14-25)42-30(45)15-16-38-34(47)27(36)17-24-11-7-5-8-12-24;;/h5,7-8,11-12,20,22,25,27-29,32,44H,4,6,9-10,13-19,21,36H2,1-3H3,(H,38,47)(H,40,48)(H,42,45)(H,43,46)(H2,37,39,41);2*1H/t22-,27-,28-,29-,32-;;/m0../s1. The van der Waals surface area contributed by atoms with E-state index in [1.165, 1.54) is 0 Å². The number of aliphatic hydroxyl groups is 1. The van der Waals surface area contributed by atoms with Gasteiger partial charge in [-0.1, -0.05) is 82.7 Å². The Morgan fingerprint density at radius 2 is 1.66 bits per heavy atom. The highest BCUT2D eigenvalue weighted by molar-refractivity contribution is 5.88. The van der Waals surface area contributed by atoms with Crippen LogP contribution < -0.4 is 32.7 Å². The third-order valence-corrected chi connectivity index (χ3v) is 9.09. The fourth-order valence-corrected chi connectivity index (χ4v) is 5.97. The third-order valence-electron chi connectivity index (χ3n) is 9.09. The van der Waals surface area contributed by atoms with Gasteiger partial charge in [-0.15, -0.1) is 24.8 Å². The molecule has 2 aromatic rings. The van der Waals surface area contributed by atoms with Crippen LogP contribution in [0.1, 0.15) is 88.6 Å². The lowest BCUT2D eigenvalue weighted by Crippen LogP contribution is -2.52. The molecule has 50 heavy (non-hydrogen) atoms. The lowest BCUT2D eigenvalue weighted by molar-refractivity contribution is -0.132. The summed E-state index contributed by atoms with van der Waals surface area (Å²) in [6, 6.07) is 7.21. The topological polar surface area (TPSA) is 214 Å². The van der Waals surface area contributed by atoms with Gasteiger partial charge in [0.15, 0.2) is 0 Å². The van der Waals surface area contributed by atoms with E-state index in [4.69, 9.17) is 11.5 Å². The summed E-state index contributed by atoms with van der Waals surface area (Å²) >= 11 is 0. The lowest BCUT2D eigenvalue weighted by atomic mass is 9.83. The van der Waals surface area contributed by atoms with E-state index in [9.17, 15) is 24.3 Å². The second kappa shape index (κ2) is 23.0. The minimum Gasteiger partial charge on any atom is -0.390 e. The van der Waals surface area contributed by atoms with Gasteiger partial charge in [0.25, 0.3) is 0 Å². The summed E-state index contributed by atoms with van der Waals surface area (Å²) in [6.07, 6.45) is 6.95. The molecule has 9 N–H and O–H groups in total. The van der Waals surface area contributed by atoms with Crippen LogP contribution in [0.3, 0.4) is 0 Å². The Labute approximate surface area is 308 Å². The summed E-state index contributed by atoms with van der Waals surface area (Å²) in [5.74, 6) is -0.652. The summed E-state index contributed by atoms with van der Waals surface area (Å²) in [4.78, 5) is 60.1. The summed E-state index contributed by atoms with van der Waals surface area (Å²) in [6.45, 7) is 5.70. The second-order valence-corrected chi connectivity index (χ2v) is 13.0. The first kappa shape index (κ1) is 44.5. The molecule has 0 radical (unpaired) electrons. The molecule has 280 valence electrons. The van der Waals surface area contributed by atoms with Gasteiger partial charge in [-0.3, -0.25) is 19.2 Å². The molecular weight excluding hydrogens is 683 g/mol. The van der Waals surface area contributed by atoms with Gasteiger partial charge in [0, 0.05) is 31.3 Å². The number of hydrogen-bond acceptors (Lipinski definition) is 9. The zero-order chi connectivity index (χ0) is 35.1. The van der Waals surface area contributed by atoms with Crippen LogP contribution in [0, 0.1) is 18.8 Å². The Balaban J connectivity index is 0.00000625. The van der Waals surface area contributed by atoms with Crippen LogP contribution in [0.25, 0.3) is 0 Å². The Bertz CT molecular complexity index is 1350. The van der Waals surface area contributed by atoms with E-state index in [2.05, 4.69) is 31.2 Å². The van der Waals surface area contributed by atoms with Crippen LogP contribution in [-0.2, 0) is 32.1 Å². The largest absolute Gasteiger partial charge is 0.390 e. The van der Waals surface area contributed by atoms with Crippen LogP contribution in [0.5, 0.6) is 0 Å². The quantitative estimate of drug-likeness (QED) is 0.120. The van der Waals surface area contributed by atoms with Crippen molar-refractivity contribution in [2.45, 2.75) is 116 Å². The van der Waals surface area contributed by atoms with Gasteiger partial charge in [-0.05, 0) is 37.2 Å². The molecule has 1 heterocycles. The molecule has 1 aliphatic carbocycles. The van der Waals surface area contributed by atoms with E-state index in [1.807, 2.05) is 44.2 Å². The first-order chi connectivity index (χ1) is 23.0. The highest BCUT2D eigenvalue weighted by atomic mass is 35.5. The van der Waals surface area contributed by atoms with Gasteiger partial charge in [-0.2, -0.15) is 0 Å². The number of carbonyl (C=O) groups is 4. The highest BCUT2D eigenvalue weighted by Crippen LogP contribution is 2.28. The van der Waals surface area contributed by atoms with Crippen molar-refractivity contribution >= 4 is 54.3 Å². The fraction of sp³-hybridized carbons (Fsp3) is 0.600. The van der Waals surface area contributed by atoms with Crippen molar-refractivity contribution in [1.29, 1.82) is 0 Å². The van der Waals surface area contributed by atoms with Crippen LogP contribution >= 0.6 is 24.8 Å². The average Bonchev–Trinajstić information content (AvgIpc) is 3.06. The number of hydrogen-bond donors (Lipinski definition) is 7. The minimum absolute atomic E-state index is 0. The number of aliphatic hydroxyl groups excluding tert-OH is 1. The summed E-state index contributed by atoms with van der Waals surface area (Å²) in [5, 5.41) is 22.5. The van der Waals surface area contributed by atoms with E-state index >= 15 is 0 Å². The van der Waals surface area contributed by atoms with Gasteiger partial charge in [0.1, 0.15) is 17.7 Å². The Hall–Kier alpha value is -3.52. The first-order valence-electron chi connectivity index (χ1n) is 17.2. The predicted octanol–water partition coefficient (Wildman–Crippen LogP) is 2.64. The summed E-state index contributed by atoms with van der Waals surface area (Å²) in [5.41, 5.74) is 13.5. The lowest BCUT2D eigenvalue weighted by Gasteiger charge is -2.30. The molecule has 1 aromatic carbocycles. The minimum atomic E-state index is -1.17. The van der Waals surface area contributed by atoms with Crippen molar-refractivity contribution in [3.8, 4) is 0 Å². The predicted molar refractivity (Wildman–Crippen MR) is 198 cm³/mol. The maximum atomic E-state index is 13.2. The molecule has 13 nitrogen and oxygen atoms in total. The number of nitrogen functional groups attached to an aromatic ring is 1. The molecule has 1 fully saturated rings. The van der Waals surface area contributed by atoms with Crippen molar-refractivity contribution in [3.63, 3.8) is 0 Å². The molecule has 4 amide bonds. The second-order valence-electron chi connectivity index (χ2n) is 13.0. The molecule has 0 bridgehead atoms. The SMILES string of the molecule is CC[C@H](C)[C@H](NC(=O)C[C@H](O)[C@H](CC1CCCCC1)NC(=O)CCNC(=O)[C@@H](N)Cc1ccccc1)C(=O)NCc1cnc(C)nc1N.Cl.Cl. The van der Waals surface area contributed by atoms with Gasteiger partial charge in [0.05, 0.1) is 24.6 Å². The molecule has 15 heteroatoms. The van der Waals surface area contributed by atoms with Crippen molar-refractivity contribution in [2.24, 2.45) is 17.6 Å². The number of halogens is 2. The van der Waals surface area contributed by atoms with Crippen LogP contribution in [0.4, 0.5) is 5.82 Å². The molecule has 0 aliphatic heterocycles. The van der Waals surface area contributed by atoms with Crippen molar-refractivity contribution < 1.29 is 24.3 Å². The molecule has 1 saturated carbocycles. The van der Waals surface area contributed by atoms with Crippen molar-refractivity contribution in [2.75, 3.05) is 12.3 Å². The average molecular weight is 740 g/mol. The molecule has 1 aliphatic rings. The van der Waals surface area contributed by atoms with Gasteiger partial charge < -0.3 is 37.8 Å². The van der Waals surface area contributed by atoms with Crippen LogP contribution in [-0.4, -0.2) is 69.5 Å². The number of aryl methyl sites for hydroxylation is 1. The maximum absolute atomic E-state index is 13.2. The number of amides is 4. The number of benzene rings is 1. The highest BCUT2D eigenvalue weighted by Gasteiger charge is 2.31. The van der Waals surface area contributed by atoms with Gasteiger partial charge in [0.2, 0.25) is 23.6 Å². The number of carbonyl (C=O) groups excluding carboxylic acids is 4. The molecule has 0 saturated heterocycles. The number of aromatic nitrogens is 2. The molecule has 0 spiro atoms. The maximum Gasteiger partial charge on any atom is 0.243 e. The Morgan fingerprint density at radius 3 is 2.30 bits per heavy atom. The summed E-state index contributed by atoms with van der Waals surface area (Å²) < 4.78 is 0. The number of nitrogens with zero attached hydrogens (tertiary/aromatic N) is 2. The Morgan fingerprint density at radius 1 is 0.980 bits per heavy atom. The monoisotopic (exact) mass is 738 g/mol. The molecule has 0 unspecified atom stereocenters. The molecule has 3 rings (SSSR count). The van der Waals surface area contributed by atoms with Crippen LogP contribution in [0.15, 0.2) is 36.5 Å². The smallest absolute Gasteiger partial charge is 0.243 e. The Kier molecular flexibility index (Phi) is 20.5. The number of nitrogens with one attached hydrogen (secondary N) is 4. The summed E-state index contributed by atoms with van der Waals surface area (Å²) in [7, 11) is 0. The number of nitrogens with two attached hydrogens (primary N) is 2. The normalized spacial score (nSPS) is 15.9. The van der Waals surface area contributed by atoms with E-state index in [0.29, 0.717) is 36.6 Å². The zero-order valence-corrected chi connectivity index (χ0v) is 31.0. The van der Waals surface area contributed by atoms with E-state index < -0.39 is 30.1 Å². The van der Waals surface area contributed by atoms with Gasteiger partial charge >= 0.3 is 0 Å². The number of rotatable bonds is 18.